The lowest BCUT2D eigenvalue weighted by Crippen LogP contribution is -2.56. The fourth-order valence-corrected chi connectivity index (χ4v) is 1.60. The number of aliphatic carboxylic acids is 1. The Morgan fingerprint density at radius 3 is 2.82 bits per heavy atom. The molecule has 2 N–H and O–H groups in total. The zero-order valence-corrected chi connectivity index (χ0v) is 10.0. The number of unbranched alkanes of at least 4 members (excludes halogenated alkanes) is 1. The van der Waals surface area contributed by atoms with Crippen molar-refractivity contribution in [2.75, 3.05) is 26.4 Å². The Balaban J connectivity index is 2.35. The maximum atomic E-state index is 11.5. The summed E-state index contributed by atoms with van der Waals surface area (Å²) in [5, 5.41) is 11.6. The van der Waals surface area contributed by atoms with Crippen LogP contribution < -0.4 is 5.32 Å². The molecule has 0 spiro atoms. The second-order valence-corrected chi connectivity index (χ2v) is 4.14. The van der Waals surface area contributed by atoms with Crippen LogP contribution in [0.2, 0.25) is 0 Å². The Morgan fingerprint density at radius 1 is 1.53 bits per heavy atom. The number of carbonyl (C=O) groups is 2. The molecule has 0 bridgehead atoms. The Morgan fingerprint density at radius 2 is 2.29 bits per heavy atom. The van der Waals surface area contributed by atoms with Gasteiger partial charge in [-0.05, 0) is 6.42 Å². The molecule has 0 aromatic rings. The first-order valence-electron chi connectivity index (χ1n) is 5.80. The van der Waals surface area contributed by atoms with Crippen molar-refractivity contribution in [2.24, 2.45) is 0 Å². The number of carboxylic acids is 1. The molecule has 1 heterocycles. The highest BCUT2D eigenvalue weighted by molar-refractivity contribution is 5.87. The van der Waals surface area contributed by atoms with E-state index < -0.39 is 17.4 Å². The summed E-state index contributed by atoms with van der Waals surface area (Å²) >= 11 is 0. The van der Waals surface area contributed by atoms with Crippen LogP contribution in [0.5, 0.6) is 0 Å². The summed E-state index contributed by atoms with van der Waals surface area (Å²) in [5.41, 5.74) is -1.27. The van der Waals surface area contributed by atoms with Crippen molar-refractivity contribution in [2.45, 2.75) is 31.7 Å². The molecule has 1 atom stereocenters. The van der Waals surface area contributed by atoms with Gasteiger partial charge in [0.15, 0.2) is 5.54 Å². The predicted octanol–water partition coefficient (Wildman–Crippen LogP) is 0.163. The van der Waals surface area contributed by atoms with Gasteiger partial charge in [-0.2, -0.15) is 0 Å². The topological polar surface area (TPSA) is 84.9 Å². The zero-order chi connectivity index (χ0) is 12.7. The van der Waals surface area contributed by atoms with Gasteiger partial charge in [0, 0.05) is 19.6 Å². The third-order valence-corrected chi connectivity index (χ3v) is 2.69. The normalized spacial score (nSPS) is 23.6. The molecule has 0 saturated carbocycles. The van der Waals surface area contributed by atoms with E-state index in [1.807, 2.05) is 6.92 Å². The molecule has 1 aliphatic rings. The molecule has 98 valence electrons. The third-order valence-electron chi connectivity index (χ3n) is 2.69. The molecule has 1 rings (SSSR count). The maximum Gasteiger partial charge on any atom is 0.331 e. The SMILES string of the molecule is CCCCOCC(=O)NC1(C(=O)O)CCOC1. The van der Waals surface area contributed by atoms with Gasteiger partial charge in [0.25, 0.3) is 0 Å². The third kappa shape index (κ3) is 3.98. The Labute approximate surface area is 100 Å². The van der Waals surface area contributed by atoms with Crippen LogP contribution in [0.1, 0.15) is 26.2 Å². The van der Waals surface area contributed by atoms with Gasteiger partial charge in [-0.3, -0.25) is 4.79 Å². The van der Waals surface area contributed by atoms with Crippen molar-refractivity contribution < 1.29 is 24.2 Å². The average Bonchev–Trinajstić information content (AvgIpc) is 2.74. The lowest BCUT2D eigenvalue weighted by atomic mass is 9.99. The number of carboxylic acid groups (broad SMARTS) is 1. The Kier molecular flexibility index (Phi) is 5.37. The summed E-state index contributed by atoms with van der Waals surface area (Å²) in [6, 6.07) is 0. The number of hydrogen-bond acceptors (Lipinski definition) is 4. The zero-order valence-electron chi connectivity index (χ0n) is 10.0. The number of hydrogen-bond donors (Lipinski definition) is 2. The second kappa shape index (κ2) is 6.56. The van der Waals surface area contributed by atoms with Crippen LogP contribution in [0.25, 0.3) is 0 Å². The van der Waals surface area contributed by atoms with Crippen LogP contribution in [0.4, 0.5) is 0 Å². The van der Waals surface area contributed by atoms with Crippen molar-refractivity contribution in [3.8, 4) is 0 Å². The average molecular weight is 245 g/mol. The van der Waals surface area contributed by atoms with Crippen molar-refractivity contribution in [1.82, 2.24) is 5.32 Å². The summed E-state index contributed by atoms with van der Waals surface area (Å²) in [7, 11) is 0. The van der Waals surface area contributed by atoms with E-state index in [4.69, 9.17) is 14.6 Å². The highest BCUT2D eigenvalue weighted by Gasteiger charge is 2.43. The van der Waals surface area contributed by atoms with Crippen LogP contribution in [0.15, 0.2) is 0 Å². The molecule has 1 fully saturated rings. The van der Waals surface area contributed by atoms with Gasteiger partial charge in [0.2, 0.25) is 5.91 Å². The molecule has 1 aliphatic heterocycles. The van der Waals surface area contributed by atoms with Crippen LogP contribution in [0, 0.1) is 0 Å². The number of nitrogens with one attached hydrogen (secondary N) is 1. The monoisotopic (exact) mass is 245 g/mol. The fourth-order valence-electron chi connectivity index (χ4n) is 1.60. The standard InChI is InChI=1S/C11H19NO5/c1-2-3-5-16-7-9(13)12-11(10(14)15)4-6-17-8-11/h2-8H2,1H3,(H,12,13)(H,14,15). The van der Waals surface area contributed by atoms with E-state index in [2.05, 4.69) is 5.32 Å². The highest BCUT2D eigenvalue weighted by Crippen LogP contribution is 2.18. The lowest BCUT2D eigenvalue weighted by molar-refractivity contribution is -0.148. The summed E-state index contributed by atoms with van der Waals surface area (Å²) < 4.78 is 10.2. The fraction of sp³-hybridized carbons (Fsp3) is 0.818. The summed E-state index contributed by atoms with van der Waals surface area (Å²) in [6.45, 7) is 2.81. The quantitative estimate of drug-likeness (QED) is 0.624. The number of amides is 1. The maximum absolute atomic E-state index is 11.5. The van der Waals surface area contributed by atoms with Gasteiger partial charge < -0.3 is 19.9 Å². The van der Waals surface area contributed by atoms with Crippen LogP contribution >= 0.6 is 0 Å². The molecule has 1 amide bonds. The minimum absolute atomic E-state index is 0.0169. The minimum Gasteiger partial charge on any atom is -0.479 e. The summed E-state index contributed by atoms with van der Waals surface area (Å²) in [5.74, 6) is -1.47. The van der Waals surface area contributed by atoms with Crippen molar-refractivity contribution in [3.63, 3.8) is 0 Å². The van der Waals surface area contributed by atoms with Gasteiger partial charge >= 0.3 is 5.97 Å². The van der Waals surface area contributed by atoms with E-state index in [0.29, 0.717) is 19.6 Å². The minimum atomic E-state index is -1.27. The van der Waals surface area contributed by atoms with Gasteiger partial charge in [-0.15, -0.1) is 0 Å². The number of rotatable bonds is 7. The molecule has 0 aromatic carbocycles. The van der Waals surface area contributed by atoms with Crippen molar-refractivity contribution in [1.29, 1.82) is 0 Å². The number of ether oxygens (including phenoxy) is 2. The first-order valence-corrected chi connectivity index (χ1v) is 5.80. The molecule has 0 aliphatic carbocycles. The summed E-state index contributed by atoms with van der Waals surface area (Å²) in [4.78, 5) is 22.6. The molecule has 1 unspecified atom stereocenters. The van der Waals surface area contributed by atoms with E-state index >= 15 is 0 Å². The molecule has 0 aromatic heterocycles. The molecule has 0 radical (unpaired) electrons. The molecule has 6 nitrogen and oxygen atoms in total. The first-order chi connectivity index (χ1) is 8.10. The largest absolute Gasteiger partial charge is 0.479 e. The highest BCUT2D eigenvalue weighted by atomic mass is 16.5. The predicted molar refractivity (Wildman–Crippen MR) is 59.7 cm³/mol. The van der Waals surface area contributed by atoms with Crippen LogP contribution in [-0.2, 0) is 19.1 Å². The number of carbonyl (C=O) groups excluding carboxylic acids is 1. The second-order valence-electron chi connectivity index (χ2n) is 4.14. The van der Waals surface area contributed by atoms with Gasteiger partial charge in [0.1, 0.15) is 6.61 Å². The van der Waals surface area contributed by atoms with Crippen molar-refractivity contribution >= 4 is 11.9 Å². The Hall–Kier alpha value is -1.14. The van der Waals surface area contributed by atoms with E-state index in [1.54, 1.807) is 0 Å². The van der Waals surface area contributed by atoms with E-state index in [1.165, 1.54) is 0 Å². The molecule has 6 heteroatoms. The molecular formula is C11H19NO5. The van der Waals surface area contributed by atoms with Crippen LogP contribution in [-0.4, -0.2) is 48.9 Å². The first kappa shape index (κ1) is 13.9. The van der Waals surface area contributed by atoms with Crippen LogP contribution in [0.3, 0.4) is 0 Å². The molecule has 1 saturated heterocycles. The van der Waals surface area contributed by atoms with E-state index in [-0.39, 0.29) is 13.2 Å². The molecule has 17 heavy (non-hydrogen) atoms. The lowest BCUT2D eigenvalue weighted by Gasteiger charge is -2.23. The van der Waals surface area contributed by atoms with E-state index in [9.17, 15) is 9.59 Å². The Bertz CT molecular complexity index is 273. The smallest absolute Gasteiger partial charge is 0.331 e. The summed E-state index contributed by atoms with van der Waals surface area (Å²) in [6.07, 6.45) is 2.18. The van der Waals surface area contributed by atoms with E-state index in [0.717, 1.165) is 12.8 Å². The molecular weight excluding hydrogens is 226 g/mol. The van der Waals surface area contributed by atoms with Gasteiger partial charge in [-0.25, -0.2) is 4.79 Å². The van der Waals surface area contributed by atoms with Gasteiger partial charge in [-0.1, -0.05) is 13.3 Å². The van der Waals surface area contributed by atoms with Gasteiger partial charge in [0.05, 0.1) is 6.61 Å². The van der Waals surface area contributed by atoms with Crippen molar-refractivity contribution in [3.05, 3.63) is 0 Å².